The summed E-state index contributed by atoms with van der Waals surface area (Å²) in [6.07, 6.45) is -0.754. The van der Waals surface area contributed by atoms with Crippen molar-refractivity contribution in [3.05, 3.63) is 30.1 Å². The summed E-state index contributed by atoms with van der Waals surface area (Å²) in [5.74, 6) is -0.923. The molecule has 1 saturated carbocycles. The standard InChI is InChI=1S/C17H20F3N3O2/c18-17(19,20)14(13-3-1-2-8-21-13)22-15(24)11-6-9-23(10-7-11)16(25)12-4-5-12/h1-3,8,11-12,14H,4-7,9-10H2,(H,22,24)/t14-/m1/s1. The van der Waals surface area contributed by atoms with Gasteiger partial charge in [0, 0.05) is 31.1 Å². The number of piperidine rings is 1. The van der Waals surface area contributed by atoms with E-state index in [0.29, 0.717) is 25.9 Å². The molecular weight excluding hydrogens is 335 g/mol. The third-order valence-electron chi connectivity index (χ3n) is 4.70. The number of carbonyl (C=O) groups excluding carboxylic acids is 2. The number of likely N-dealkylation sites (tertiary alicyclic amines) is 1. The van der Waals surface area contributed by atoms with Gasteiger partial charge >= 0.3 is 6.18 Å². The Labute approximate surface area is 143 Å². The molecule has 0 unspecified atom stereocenters. The van der Waals surface area contributed by atoms with Gasteiger partial charge < -0.3 is 10.2 Å². The second-order valence-electron chi connectivity index (χ2n) is 6.61. The predicted molar refractivity (Wildman–Crippen MR) is 83.2 cm³/mol. The molecule has 2 fully saturated rings. The van der Waals surface area contributed by atoms with E-state index in [1.807, 2.05) is 0 Å². The van der Waals surface area contributed by atoms with Crippen LogP contribution >= 0.6 is 0 Å². The molecular formula is C17H20F3N3O2. The predicted octanol–water partition coefficient (Wildman–Crippen LogP) is 2.45. The average Bonchev–Trinajstić information content (AvgIpc) is 3.44. The molecule has 0 radical (unpaired) electrons. The van der Waals surface area contributed by atoms with Crippen molar-refractivity contribution in [3.8, 4) is 0 Å². The van der Waals surface area contributed by atoms with Crippen LogP contribution in [0, 0.1) is 11.8 Å². The summed E-state index contributed by atoms with van der Waals surface area (Å²) in [7, 11) is 0. The van der Waals surface area contributed by atoms with E-state index in [2.05, 4.69) is 10.3 Å². The van der Waals surface area contributed by atoms with Gasteiger partial charge in [-0.2, -0.15) is 13.2 Å². The first kappa shape index (κ1) is 17.7. The van der Waals surface area contributed by atoms with Gasteiger partial charge in [-0.25, -0.2) is 0 Å². The van der Waals surface area contributed by atoms with Crippen molar-refractivity contribution >= 4 is 11.8 Å². The summed E-state index contributed by atoms with van der Waals surface area (Å²) in [5.41, 5.74) is -0.232. The molecule has 2 amide bonds. The lowest BCUT2D eigenvalue weighted by Gasteiger charge is -2.32. The minimum atomic E-state index is -4.62. The number of amides is 2. The molecule has 1 saturated heterocycles. The SMILES string of the molecule is O=C(N[C@H](c1ccccn1)C(F)(F)F)C1CCN(C(=O)C2CC2)CC1. The number of hydrogen-bond donors (Lipinski definition) is 1. The third-order valence-corrected chi connectivity index (χ3v) is 4.70. The summed E-state index contributed by atoms with van der Waals surface area (Å²) < 4.78 is 39.9. The molecule has 5 nitrogen and oxygen atoms in total. The number of aromatic nitrogens is 1. The van der Waals surface area contributed by atoms with Crippen molar-refractivity contribution < 1.29 is 22.8 Å². The molecule has 1 aromatic rings. The van der Waals surface area contributed by atoms with Crippen molar-refractivity contribution in [2.45, 2.75) is 37.9 Å². The summed E-state index contributed by atoms with van der Waals surface area (Å²) >= 11 is 0. The first-order valence-corrected chi connectivity index (χ1v) is 8.43. The molecule has 0 spiro atoms. The summed E-state index contributed by atoms with van der Waals surface area (Å²) in [6.45, 7) is 0.849. The van der Waals surface area contributed by atoms with E-state index < -0.39 is 24.0 Å². The Kier molecular flexibility index (Phi) is 4.96. The lowest BCUT2D eigenvalue weighted by atomic mass is 9.95. The highest BCUT2D eigenvalue weighted by atomic mass is 19.4. The van der Waals surface area contributed by atoms with Gasteiger partial charge in [0.15, 0.2) is 6.04 Å². The molecule has 0 aromatic carbocycles. The summed E-state index contributed by atoms with van der Waals surface area (Å²) in [6, 6.07) is 2.10. The largest absolute Gasteiger partial charge is 0.414 e. The molecule has 1 N–H and O–H groups in total. The van der Waals surface area contributed by atoms with Gasteiger partial charge in [-0.3, -0.25) is 14.6 Å². The van der Waals surface area contributed by atoms with Gasteiger partial charge in [0.05, 0.1) is 5.69 Å². The number of nitrogens with zero attached hydrogens (tertiary/aromatic N) is 2. The maximum absolute atomic E-state index is 13.3. The summed E-state index contributed by atoms with van der Waals surface area (Å²) in [5, 5.41) is 2.09. The van der Waals surface area contributed by atoms with Gasteiger partial charge in [-0.1, -0.05) is 6.07 Å². The zero-order valence-electron chi connectivity index (χ0n) is 13.6. The molecule has 2 aliphatic rings. The second-order valence-corrected chi connectivity index (χ2v) is 6.61. The van der Waals surface area contributed by atoms with Crippen molar-refractivity contribution in [2.24, 2.45) is 11.8 Å². The smallest absolute Gasteiger partial charge is 0.342 e. The van der Waals surface area contributed by atoms with Crippen LogP contribution in [0.5, 0.6) is 0 Å². The van der Waals surface area contributed by atoms with Gasteiger partial charge in [0.2, 0.25) is 11.8 Å². The van der Waals surface area contributed by atoms with Crippen LogP contribution in [0.1, 0.15) is 37.4 Å². The maximum Gasteiger partial charge on any atom is 0.414 e. The van der Waals surface area contributed by atoms with Crippen LogP contribution in [-0.4, -0.2) is 41.0 Å². The fourth-order valence-corrected chi connectivity index (χ4v) is 3.08. The summed E-state index contributed by atoms with van der Waals surface area (Å²) in [4.78, 5) is 29.7. The van der Waals surface area contributed by atoms with E-state index in [1.165, 1.54) is 24.4 Å². The monoisotopic (exact) mass is 355 g/mol. The molecule has 3 rings (SSSR count). The van der Waals surface area contributed by atoms with Gasteiger partial charge in [-0.15, -0.1) is 0 Å². The minimum Gasteiger partial charge on any atom is -0.342 e. The van der Waals surface area contributed by atoms with Crippen LogP contribution in [-0.2, 0) is 9.59 Å². The molecule has 2 heterocycles. The highest BCUT2D eigenvalue weighted by molar-refractivity contribution is 5.82. The number of rotatable bonds is 4. The van der Waals surface area contributed by atoms with E-state index >= 15 is 0 Å². The van der Waals surface area contributed by atoms with E-state index in [4.69, 9.17) is 0 Å². The van der Waals surface area contributed by atoms with E-state index in [9.17, 15) is 22.8 Å². The van der Waals surface area contributed by atoms with Crippen LogP contribution in [0.4, 0.5) is 13.2 Å². The first-order chi connectivity index (χ1) is 11.9. The topological polar surface area (TPSA) is 62.3 Å². The van der Waals surface area contributed by atoms with Crippen LogP contribution < -0.4 is 5.32 Å². The fourth-order valence-electron chi connectivity index (χ4n) is 3.08. The number of hydrogen-bond acceptors (Lipinski definition) is 3. The lowest BCUT2D eigenvalue weighted by molar-refractivity contribution is -0.165. The van der Waals surface area contributed by atoms with Crippen LogP contribution in [0.15, 0.2) is 24.4 Å². The Bertz CT molecular complexity index is 624. The normalized spacial score (nSPS) is 20.2. The average molecular weight is 355 g/mol. The number of halogens is 3. The van der Waals surface area contributed by atoms with E-state index in [0.717, 1.165) is 12.8 Å². The molecule has 8 heteroatoms. The molecule has 25 heavy (non-hydrogen) atoms. The van der Waals surface area contributed by atoms with Crippen molar-refractivity contribution in [1.82, 2.24) is 15.2 Å². The van der Waals surface area contributed by atoms with Crippen LogP contribution in [0.3, 0.4) is 0 Å². The minimum absolute atomic E-state index is 0.112. The molecule has 1 aliphatic heterocycles. The Morgan fingerprint density at radius 2 is 1.80 bits per heavy atom. The Morgan fingerprint density at radius 3 is 2.32 bits per heavy atom. The Morgan fingerprint density at radius 1 is 1.12 bits per heavy atom. The van der Waals surface area contributed by atoms with Crippen molar-refractivity contribution in [1.29, 1.82) is 0 Å². The number of alkyl halides is 3. The fraction of sp³-hybridized carbons (Fsp3) is 0.588. The number of carbonyl (C=O) groups is 2. The zero-order valence-corrected chi connectivity index (χ0v) is 13.6. The van der Waals surface area contributed by atoms with E-state index in [-0.39, 0.29) is 17.5 Å². The Hall–Kier alpha value is -2.12. The van der Waals surface area contributed by atoms with Crippen molar-refractivity contribution in [2.75, 3.05) is 13.1 Å². The van der Waals surface area contributed by atoms with Crippen LogP contribution in [0.25, 0.3) is 0 Å². The molecule has 0 bridgehead atoms. The van der Waals surface area contributed by atoms with Gasteiger partial charge in [0.1, 0.15) is 0 Å². The molecule has 1 aliphatic carbocycles. The second kappa shape index (κ2) is 7.01. The van der Waals surface area contributed by atoms with E-state index in [1.54, 1.807) is 4.90 Å². The maximum atomic E-state index is 13.3. The van der Waals surface area contributed by atoms with Crippen LogP contribution in [0.2, 0.25) is 0 Å². The van der Waals surface area contributed by atoms with Gasteiger partial charge in [-0.05, 0) is 37.8 Å². The number of nitrogens with one attached hydrogen (secondary N) is 1. The van der Waals surface area contributed by atoms with Gasteiger partial charge in [0.25, 0.3) is 0 Å². The van der Waals surface area contributed by atoms with Crippen molar-refractivity contribution in [3.63, 3.8) is 0 Å². The lowest BCUT2D eigenvalue weighted by Crippen LogP contribution is -2.46. The first-order valence-electron chi connectivity index (χ1n) is 8.43. The molecule has 1 atom stereocenters. The zero-order chi connectivity index (χ0) is 18.0. The highest BCUT2D eigenvalue weighted by Gasteiger charge is 2.44. The number of pyridine rings is 1. The molecule has 136 valence electrons. The third kappa shape index (κ3) is 4.29. The highest BCUT2D eigenvalue weighted by Crippen LogP contribution is 2.34. The molecule has 1 aromatic heterocycles. The Balaban J connectivity index is 1.59. The quantitative estimate of drug-likeness (QED) is 0.902.